The standard InChI is InChI=1S/C15H27N3O/c1-5-18(12-7-6-8-16-9-12)11-14-17-10-13(19-14)15(2,3)4/h10,12,16H,5-9,11H2,1-4H3. The second-order valence-corrected chi connectivity index (χ2v) is 6.43. The number of aromatic nitrogens is 1. The Morgan fingerprint density at radius 1 is 1.47 bits per heavy atom. The number of likely N-dealkylation sites (N-methyl/N-ethyl adjacent to an activating group) is 1. The molecule has 1 aromatic heterocycles. The molecule has 0 aliphatic carbocycles. The smallest absolute Gasteiger partial charge is 0.208 e. The van der Waals surface area contributed by atoms with Crippen molar-refractivity contribution in [2.24, 2.45) is 0 Å². The maximum atomic E-state index is 5.90. The highest BCUT2D eigenvalue weighted by Gasteiger charge is 2.23. The first kappa shape index (κ1) is 14.5. The van der Waals surface area contributed by atoms with Crippen molar-refractivity contribution in [1.29, 1.82) is 0 Å². The largest absolute Gasteiger partial charge is 0.444 e. The molecule has 1 N–H and O–H groups in total. The van der Waals surface area contributed by atoms with Crippen LogP contribution in [0.3, 0.4) is 0 Å². The molecule has 0 saturated carbocycles. The first-order valence-electron chi connectivity index (χ1n) is 7.40. The van der Waals surface area contributed by atoms with Crippen LogP contribution in [-0.4, -0.2) is 35.6 Å². The van der Waals surface area contributed by atoms with E-state index in [1.807, 2.05) is 6.20 Å². The Morgan fingerprint density at radius 2 is 2.26 bits per heavy atom. The summed E-state index contributed by atoms with van der Waals surface area (Å²) in [5.74, 6) is 1.82. The molecule has 1 unspecified atom stereocenters. The summed E-state index contributed by atoms with van der Waals surface area (Å²) in [6.07, 6.45) is 4.41. The normalized spacial score (nSPS) is 21.0. The summed E-state index contributed by atoms with van der Waals surface area (Å²) in [7, 11) is 0. The average Bonchev–Trinajstić information content (AvgIpc) is 2.85. The van der Waals surface area contributed by atoms with E-state index in [4.69, 9.17) is 4.42 Å². The molecule has 2 heterocycles. The van der Waals surface area contributed by atoms with Gasteiger partial charge in [-0.15, -0.1) is 0 Å². The van der Waals surface area contributed by atoms with Crippen molar-refractivity contribution >= 4 is 0 Å². The van der Waals surface area contributed by atoms with Gasteiger partial charge < -0.3 is 9.73 Å². The lowest BCUT2D eigenvalue weighted by molar-refractivity contribution is 0.150. The average molecular weight is 265 g/mol. The summed E-state index contributed by atoms with van der Waals surface area (Å²) < 4.78 is 5.90. The van der Waals surface area contributed by atoms with Crippen LogP contribution in [0.15, 0.2) is 10.6 Å². The molecule has 1 atom stereocenters. The van der Waals surface area contributed by atoms with Gasteiger partial charge in [0.2, 0.25) is 5.89 Å². The molecular formula is C15H27N3O. The zero-order valence-electron chi connectivity index (χ0n) is 12.7. The molecular weight excluding hydrogens is 238 g/mol. The Balaban J connectivity index is 1.99. The van der Waals surface area contributed by atoms with Gasteiger partial charge in [-0.2, -0.15) is 0 Å². The number of piperidine rings is 1. The van der Waals surface area contributed by atoms with Gasteiger partial charge in [-0.05, 0) is 25.9 Å². The maximum absolute atomic E-state index is 5.90. The van der Waals surface area contributed by atoms with Crippen LogP contribution in [-0.2, 0) is 12.0 Å². The molecule has 0 radical (unpaired) electrons. The number of hydrogen-bond donors (Lipinski definition) is 1. The first-order chi connectivity index (χ1) is 9.00. The molecule has 1 aliphatic rings. The van der Waals surface area contributed by atoms with Gasteiger partial charge in [0, 0.05) is 18.0 Å². The Hall–Kier alpha value is -0.870. The molecule has 19 heavy (non-hydrogen) atoms. The van der Waals surface area contributed by atoms with E-state index in [1.54, 1.807) is 0 Å². The molecule has 108 valence electrons. The van der Waals surface area contributed by atoms with Crippen molar-refractivity contribution in [2.45, 2.75) is 58.5 Å². The number of rotatable bonds is 4. The minimum atomic E-state index is 0.0364. The van der Waals surface area contributed by atoms with Crippen LogP contribution in [0.5, 0.6) is 0 Å². The summed E-state index contributed by atoms with van der Waals surface area (Å²) in [4.78, 5) is 6.90. The highest BCUT2D eigenvalue weighted by Crippen LogP contribution is 2.23. The fraction of sp³-hybridized carbons (Fsp3) is 0.800. The van der Waals surface area contributed by atoms with Crippen molar-refractivity contribution in [3.63, 3.8) is 0 Å². The Bertz CT molecular complexity index is 388. The predicted octanol–water partition coefficient (Wildman–Crippen LogP) is 2.55. The molecule has 2 rings (SSSR count). The van der Waals surface area contributed by atoms with Gasteiger partial charge in [-0.1, -0.05) is 27.7 Å². The molecule has 1 fully saturated rings. The quantitative estimate of drug-likeness (QED) is 0.908. The summed E-state index contributed by atoms with van der Waals surface area (Å²) in [6.45, 7) is 12.8. The van der Waals surface area contributed by atoms with Gasteiger partial charge in [0.15, 0.2) is 0 Å². The van der Waals surface area contributed by atoms with E-state index in [1.165, 1.54) is 12.8 Å². The second-order valence-electron chi connectivity index (χ2n) is 6.43. The third-order valence-electron chi connectivity index (χ3n) is 3.82. The van der Waals surface area contributed by atoms with Crippen molar-refractivity contribution in [1.82, 2.24) is 15.2 Å². The van der Waals surface area contributed by atoms with Crippen LogP contribution in [0.1, 0.15) is 52.2 Å². The summed E-state index contributed by atoms with van der Waals surface area (Å²) >= 11 is 0. The lowest BCUT2D eigenvalue weighted by Gasteiger charge is -2.33. The Labute approximate surface area is 116 Å². The van der Waals surface area contributed by atoms with E-state index in [9.17, 15) is 0 Å². The second kappa shape index (κ2) is 6.06. The minimum absolute atomic E-state index is 0.0364. The SMILES string of the molecule is CCN(Cc1ncc(C(C)(C)C)o1)C1CCCNC1. The van der Waals surface area contributed by atoms with Crippen LogP contribution in [0, 0.1) is 0 Å². The Morgan fingerprint density at radius 3 is 2.79 bits per heavy atom. The zero-order valence-corrected chi connectivity index (χ0v) is 12.7. The lowest BCUT2D eigenvalue weighted by Crippen LogP contribution is -2.45. The van der Waals surface area contributed by atoms with E-state index in [0.29, 0.717) is 6.04 Å². The lowest BCUT2D eigenvalue weighted by atomic mass is 9.94. The van der Waals surface area contributed by atoms with E-state index in [2.05, 4.69) is 42.9 Å². The fourth-order valence-corrected chi connectivity index (χ4v) is 2.55. The van der Waals surface area contributed by atoms with Gasteiger partial charge in [0.25, 0.3) is 0 Å². The van der Waals surface area contributed by atoms with Gasteiger partial charge in [0.1, 0.15) is 5.76 Å². The van der Waals surface area contributed by atoms with Gasteiger partial charge in [-0.3, -0.25) is 4.90 Å². The highest BCUT2D eigenvalue weighted by molar-refractivity contribution is 5.06. The third-order valence-corrected chi connectivity index (χ3v) is 3.82. The maximum Gasteiger partial charge on any atom is 0.208 e. The predicted molar refractivity (Wildman–Crippen MR) is 77.2 cm³/mol. The summed E-state index contributed by atoms with van der Waals surface area (Å²) in [5, 5.41) is 3.47. The molecule has 0 amide bonds. The molecule has 1 saturated heterocycles. The summed E-state index contributed by atoms with van der Waals surface area (Å²) in [6, 6.07) is 0.615. The fourth-order valence-electron chi connectivity index (χ4n) is 2.55. The third kappa shape index (κ3) is 3.80. The van der Waals surface area contributed by atoms with E-state index in [-0.39, 0.29) is 5.41 Å². The van der Waals surface area contributed by atoms with Crippen molar-refractivity contribution in [3.8, 4) is 0 Å². The molecule has 0 aromatic carbocycles. The highest BCUT2D eigenvalue weighted by atomic mass is 16.4. The van der Waals surface area contributed by atoms with Crippen molar-refractivity contribution < 1.29 is 4.42 Å². The number of hydrogen-bond acceptors (Lipinski definition) is 4. The number of oxazole rings is 1. The molecule has 4 nitrogen and oxygen atoms in total. The molecule has 0 bridgehead atoms. The Kier molecular flexibility index (Phi) is 4.63. The topological polar surface area (TPSA) is 41.3 Å². The number of nitrogens with one attached hydrogen (secondary N) is 1. The van der Waals surface area contributed by atoms with Gasteiger partial charge in [-0.25, -0.2) is 4.98 Å². The van der Waals surface area contributed by atoms with Gasteiger partial charge >= 0.3 is 0 Å². The van der Waals surface area contributed by atoms with Crippen LogP contribution >= 0.6 is 0 Å². The van der Waals surface area contributed by atoms with E-state index in [0.717, 1.165) is 37.8 Å². The summed E-state index contributed by atoms with van der Waals surface area (Å²) in [5.41, 5.74) is 0.0364. The monoisotopic (exact) mass is 265 g/mol. The van der Waals surface area contributed by atoms with Crippen LogP contribution in [0.2, 0.25) is 0 Å². The van der Waals surface area contributed by atoms with Crippen LogP contribution < -0.4 is 5.32 Å². The minimum Gasteiger partial charge on any atom is -0.444 e. The van der Waals surface area contributed by atoms with E-state index >= 15 is 0 Å². The first-order valence-corrected chi connectivity index (χ1v) is 7.40. The molecule has 0 spiro atoms. The zero-order chi connectivity index (χ0) is 13.9. The molecule has 1 aliphatic heterocycles. The van der Waals surface area contributed by atoms with Crippen molar-refractivity contribution in [3.05, 3.63) is 17.8 Å². The number of nitrogens with zero attached hydrogens (tertiary/aromatic N) is 2. The van der Waals surface area contributed by atoms with Crippen molar-refractivity contribution in [2.75, 3.05) is 19.6 Å². The van der Waals surface area contributed by atoms with Gasteiger partial charge in [0.05, 0.1) is 12.7 Å². The molecule has 4 heteroatoms. The van der Waals surface area contributed by atoms with E-state index < -0.39 is 0 Å². The molecule has 1 aromatic rings. The van der Waals surface area contributed by atoms with Crippen LogP contribution in [0.4, 0.5) is 0 Å². The van der Waals surface area contributed by atoms with Crippen LogP contribution in [0.25, 0.3) is 0 Å².